The van der Waals surface area contributed by atoms with E-state index >= 15 is 0 Å². The highest BCUT2D eigenvalue weighted by atomic mass is 35.5. The van der Waals surface area contributed by atoms with Crippen LogP contribution in [0.4, 0.5) is 0 Å². The van der Waals surface area contributed by atoms with Crippen molar-refractivity contribution < 1.29 is 17.9 Å². The lowest BCUT2D eigenvalue weighted by molar-refractivity contribution is -0.127. The number of nitrogens with zero attached hydrogens (tertiary/aromatic N) is 1. The largest absolute Gasteiger partial charge is 0.373 e. The molecule has 1 N–H and O–H groups in total. The average molecular weight is 373 g/mol. The van der Waals surface area contributed by atoms with Crippen molar-refractivity contribution in [3.05, 3.63) is 28.8 Å². The van der Waals surface area contributed by atoms with Gasteiger partial charge in [-0.2, -0.15) is 4.31 Å². The molecule has 1 aromatic rings. The number of nitrogens with one attached hydrogen (secondary N) is 1. The van der Waals surface area contributed by atoms with Gasteiger partial charge in [0.25, 0.3) is 0 Å². The fourth-order valence-corrected chi connectivity index (χ4v) is 4.92. The second kappa shape index (κ2) is 6.63. The van der Waals surface area contributed by atoms with E-state index in [1.807, 2.05) is 6.92 Å². The summed E-state index contributed by atoms with van der Waals surface area (Å²) in [5, 5.41) is 3.22. The molecular weight excluding hydrogens is 352 g/mol. The first-order valence-corrected chi connectivity index (χ1v) is 9.81. The smallest absolute Gasteiger partial charge is 0.243 e. The first-order valence-electron chi connectivity index (χ1n) is 7.99. The standard InChI is InChI=1S/C16H21ClN2O4S/c1-12-2-3-13(10-14(12)17)24(21,22)19-7-4-16(5-8-19)11-15(20)18-6-9-23-16/h2-3,10H,4-9,11H2,1H3,(H,18,20). The highest BCUT2D eigenvalue weighted by Crippen LogP contribution is 2.33. The molecule has 24 heavy (non-hydrogen) atoms. The zero-order valence-electron chi connectivity index (χ0n) is 13.5. The van der Waals surface area contributed by atoms with Crippen LogP contribution in [-0.2, 0) is 19.6 Å². The molecular formula is C16H21ClN2O4S. The second-order valence-corrected chi connectivity index (χ2v) is 8.72. The highest BCUT2D eigenvalue weighted by molar-refractivity contribution is 7.89. The lowest BCUT2D eigenvalue weighted by Crippen LogP contribution is -2.48. The zero-order chi connectivity index (χ0) is 17.4. The van der Waals surface area contributed by atoms with E-state index in [1.165, 1.54) is 10.4 Å². The van der Waals surface area contributed by atoms with Gasteiger partial charge in [-0.15, -0.1) is 0 Å². The number of hydrogen-bond donors (Lipinski definition) is 1. The molecule has 2 aliphatic rings. The number of ether oxygens (including phenoxy) is 1. The summed E-state index contributed by atoms with van der Waals surface area (Å²) in [6.07, 6.45) is 1.32. The predicted molar refractivity (Wildman–Crippen MR) is 90.5 cm³/mol. The van der Waals surface area contributed by atoms with Gasteiger partial charge in [-0.25, -0.2) is 8.42 Å². The summed E-state index contributed by atoms with van der Waals surface area (Å²) in [5.74, 6) is -0.0332. The van der Waals surface area contributed by atoms with Crippen molar-refractivity contribution in [2.75, 3.05) is 26.2 Å². The normalized spacial score (nSPS) is 22.2. The van der Waals surface area contributed by atoms with Crippen molar-refractivity contribution >= 4 is 27.5 Å². The van der Waals surface area contributed by atoms with Gasteiger partial charge < -0.3 is 10.1 Å². The van der Waals surface area contributed by atoms with Crippen LogP contribution >= 0.6 is 11.6 Å². The van der Waals surface area contributed by atoms with E-state index in [4.69, 9.17) is 16.3 Å². The molecule has 1 spiro atoms. The molecule has 132 valence electrons. The summed E-state index contributed by atoms with van der Waals surface area (Å²) in [5.41, 5.74) is 0.295. The van der Waals surface area contributed by atoms with Crippen LogP contribution < -0.4 is 5.32 Å². The molecule has 2 saturated heterocycles. The molecule has 0 unspecified atom stereocenters. The summed E-state index contributed by atoms with van der Waals surface area (Å²) in [4.78, 5) is 12.0. The van der Waals surface area contributed by atoms with Gasteiger partial charge in [-0.1, -0.05) is 17.7 Å². The Morgan fingerprint density at radius 3 is 2.67 bits per heavy atom. The average Bonchev–Trinajstić information content (AvgIpc) is 2.72. The van der Waals surface area contributed by atoms with Crippen molar-refractivity contribution in [1.82, 2.24) is 9.62 Å². The fourth-order valence-electron chi connectivity index (χ4n) is 3.20. The summed E-state index contributed by atoms with van der Waals surface area (Å²) < 4.78 is 32.9. The SMILES string of the molecule is Cc1ccc(S(=O)(=O)N2CCC3(CC2)CC(=O)NCCO3)cc1Cl. The van der Waals surface area contributed by atoms with Crippen molar-refractivity contribution in [2.45, 2.75) is 36.7 Å². The molecule has 2 aliphatic heterocycles. The predicted octanol–water partition coefficient (Wildman–Crippen LogP) is 1.71. The van der Waals surface area contributed by atoms with Gasteiger partial charge in [-0.05, 0) is 37.5 Å². The minimum absolute atomic E-state index is 0.0332. The van der Waals surface area contributed by atoms with Crippen molar-refractivity contribution in [3.63, 3.8) is 0 Å². The van der Waals surface area contributed by atoms with Crippen LogP contribution in [0.25, 0.3) is 0 Å². The third-order valence-electron chi connectivity index (χ3n) is 4.73. The van der Waals surface area contributed by atoms with Crippen molar-refractivity contribution in [1.29, 1.82) is 0 Å². The molecule has 0 aliphatic carbocycles. The van der Waals surface area contributed by atoms with Gasteiger partial charge in [0, 0.05) is 24.7 Å². The van der Waals surface area contributed by atoms with Crippen LogP contribution in [0.5, 0.6) is 0 Å². The Kier molecular flexibility index (Phi) is 4.88. The first-order chi connectivity index (χ1) is 11.3. The molecule has 3 rings (SSSR count). The van der Waals surface area contributed by atoms with E-state index in [0.29, 0.717) is 44.1 Å². The van der Waals surface area contributed by atoms with Crippen LogP contribution in [0.15, 0.2) is 23.1 Å². The van der Waals surface area contributed by atoms with E-state index in [9.17, 15) is 13.2 Å². The Labute approximate surface area is 147 Å². The highest BCUT2D eigenvalue weighted by Gasteiger charge is 2.41. The van der Waals surface area contributed by atoms with Crippen LogP contribution in [0, 0.1) is 6.92 Å². The molecule has 0 atom stereocenters. The number of piperidine rings is 1. The lowest BCUT2D eigenvalue weighted by atomic mass is 9.88. The number of halogens is 1. The number of carbonyl (C=O) groups is 1. The number of benzene rings is 1. The Morgan fingerprint density at radius 1 is 1.29 bits per heavy atom. The number of sulfonamides is 1. The van der Waals surface area contributed by atoms with E-state index in [-0.39, 0.29) is 17.2 Å². The molecule has 2 fully saturated rings. The van der Waals surface area contributed by atoms with Crippen LogP contribution in [0.3, 0.4) is 0 Å². The van der Waals surface area contributed by atoms with E-state index in [1.54, 1.807) is 12.1 Å². The Bertz CT molecular complexity index is 742. The number of amides is 1. The monoisotopic (exact) mass is 372 g/mol. The number of aryl methyl sites for hydroxylation is 1. The minimum atomic E-state index is -3.59. The maximum Gasteiger partial charge on any atom is 0.243 e. The van der Waals surface area contributed by atoms with Crippen LogP contribution in [-0.4, -0.2) is 50.5 Å². The molecule has 0 radical (unpaired) electrons. The van der Waals surface area contributed by atoms with E-state index < -0.39 is 15.6 Å². The molecule has 1 aromatic carbocycles. The second-order valence-electron chi connectivity index (χ2n) is 6.37. The number of rotatable bonds is 2. The Morgan fingerprint density at radius 2 is 2.00 bits per heavy atom. The van der Waals surface area contributed by atoms with Crippen LogP contribution in [0.2, 0.25) is 5.02 Å². The molecule has 1 amide bonds. The zero-order valence-corrected chi connectivity index (χ0v) is 15.1. The third-order valence-corrected chi connectivity index (χ3v) is 7.03. The summed E-state index contributed by atoms with van der Waals surface area (Å²) >= 11 is 6.06. The minimum Gasteiger partial charge on any atom is -0.373 e. The van der Waals surface area contributed by atoms with E-state index in [0.717, 1.165) is 5.56 Å². The summed E-state index contributed by atoms with van der Waals surface area (Å²) in [6.45, 7) is 3.47. The van der Waals surface area contributed by atoms with Gasteiger partial charge in [0.05, 0.1) is 23.5 Å². The quantitative estimate of drug-likeness (QED) is 0.857. The topological polar surface area (TPSA) is 75.7 Å². The van der Waals surface area contributed by atoms with Crippen molar-refractivity contribution in [2.24, 2.45) is 0 Å². The summed E-state index contributed by atoms with van der Waals surface area (Å²) in [7, 11) is -3.59. The summed E-state index contributed by atoms with van der Waals surface area (Å²) in [6, 6.07) is 4.78. The maximum atomic E-state index is 12.8. The van der Waals surface area contributed by atoms with Gasteiger partial charge in [0.2, 0.25) is 15.9 Å². The number of hydrogen-bond acceptors (Lipinski definition) is 4. The molecule has 0 bridgehead atoms. The Balaban J connectivity index is 1.75. The molecule has 6 nitrogen and oxygen atoms in total. The van der Waals surface area contributed by atoms with Crippen molar-refractivity contribution in [3.8, 4) is 0 Å². The van der Waals surface area contributed by atoms with E-state index in [2.05, 4.69) is 5.32 Å². The van der Waals surface area contributed by atoms with Gasteiger partial charge in [0.1, 0.15) is 0 Å². The van der Waals surface area contributed by atoms with Gasteiger partial charge in [0.15, 0.2) is 0 Å². The van der Waals surface area contributed by atoms with Crippen LogP contribution in [0.1, 0.15) is 24.8 Å². The third kappa shape index (κ3) is 3.44. The van der Waals surface area contributed by atoms with Gasteiger partial charge in [-0.3, -0.25) is 4.79 Å². The molecule has 0 aromatic heterocycles. The first kappa shape index (κ1) is 17.7. The van der Waals surface area contributed by atoms with Gasteiger partial charge >= 0.3 is 0 Å². The number of carbonyl (C=O) groups excluding carboxylic acids is 1. The molecule has 0 saturated carbocycles. The Hall–Kier alpha value is -1.15. The lowest BCUT2D eigenvalue weighted by Gasteiger charge is -2.39. The fraction of sp³-hybridized carbons (Fsp3) is 0.562. The maximum absolute atomic E-state index is 12.8. The molecule has 2 heterocycles. The molecule has 8 heteroatoms.